The normalized spacial score (nSPS) is 16.2. The third-order valence-electron chi connectivity index (χ3n) is 4.66. The van der Waals surface area contributed by atoms with Crippen LogP contribution in [0.25, 0.3) is 0 Å². The molecule has 158 valence electrons. The third-order valence-corrected chi connectivity index (χ3v) is 6.62. The van der Waals surface area contributed by atoms with Gasteiger partial charge in [0.15, 0.2) is 0 Å². The van der Waals surface area contributed by atoms with E-state index < -0.39 is 22.2 Å². The molecule has 1 atom stereocenters. The van der Waals surface area contributed by atoms with Gasteiger partial charge in [-0.15, -0.1) is 0 Å². The maximum atomic E-state index is 12.9. The van der Waals surface area contributed by atoms with Crippen LogP contribution in [0.4, 0.5) is 4.79 Å². The number of amides is 2. The molecule has 1 aromatic carbocycles. The number of piperazine rings is 1. The van der Waals surface area contributed by atoms with E-state index >= 15 is 0 Å². The Labute approximate surface area is 171 Å². The largest absolute Gasteiger partial charge is 0.453 e. The molecule has 0 saturated carbocycles. The molecule has 1 saturated heterocycles. The zero-order valence-electron chi connectivity index (χ0n) is 16.8. The van der Waals surface area contributed by atoms with Crippen LogP contribution in [0.15, 0.2) is 29.2 Å². The summed E-state index contributed by atoms with van der Waals surface area (Å²) in [5.41, 5.74) is 0.0882. The molecule has 1 heterocycles. The second-order valence-corrected chi connectivity index (χ2v) is 9.06. The van der Waals surface area contributed by atoms with Crippen molar-refractivity contribution in [2.45, 2.75) is 31.2 Å². The predicted octanol–water partition coefficient (Wildman–Crippen LogP) is 1.16. The maximum Gasteiger partial charge on any atom is 0.407 e. The van der Waals surface area contributed by atoms with E-state index in [-0.39, 0.29) is 48.5 Å². The van der Waals surface area contributed by atoms with E-state index in [0.29, 0.717) is 6.42 Å². The fraction of sp³-hybridized carbons (Fsp3) is 0.526. The number of hydrogen-bond acceptors (Lipinski definition) is 6. The monoisotopic (exact) mass is 422 g/mol. The molecule has 0 spiro atoms. The SMILES string of the molecule is COC(=O)NC(CC(C)C)C(=O)N1CCN(S(=O)(=O)c2ccccc2C#N)CC1. The molecule has 10 heteroatoms. The van der Waals surface area contributed by atoms with Gasteiger partial charge in [0, 0.05) is 26.2 Å². The van der Waals surface area contributed by atoms with E-state index in [1.807, 2.05) is 19.9 Å². The van der Waals surface area contributed by atoms with Crippen molar-refractivity contribution in [2.75, 3.05) is 33.3 Å². The van der Waals surface area contributed by atoms with Crippen molar-refractivity contribution in [1.29, 1.82) is 5.26 Å². The van der Waals surface area contributed by atoms with Gasteiger partial charge >= 0.3 is 6.09 Å². The molecule has 1 aliphatic rings. The average molecular weight is 423 g/mol. The lowest BCUT2D eigenvalue weighted by molar-refractivity contribution is -0.135. The molecular formula is C19H26N4O5S. The maximum absolute atomic E-state index is 12.9. The number of methoxy groups -OCH3 is 1. The molecule has 1 aromatic rings. The van der Waals surface area contributed by atoms with Crippen molar-refractivity contribution in [3.63, 3.8) is 0 Å². The number of benzene rings is 1. The molecule has 2 rings (SSSR count). The minimum absolute atomic E-state index is 0.0349. The van der Waals surface area contributed by atoms with E-state index in [4.69, 9.17) is 0 Å². The number of alkyl carbamates (subject to hydrolysis) is 1. The smallest absolute Gasteiger partial charge is 0.407 e. The summed E-state index contributed by atoms with van der Waals surface area (Å²) in [5.74, 6) is -0.0937. The Morgan fingerprint density at radius 3 is 2.38 bits per heavy atom. The summed E-state index contributed by atoms with van der Waals surface area (Å²) in [6.07, 6.45) is -0.236. The van der Waals surface area contributed by atoms with E-state index in [2.05, 4.69) is 10.1 Å². The first-order valence-corrected chi connectivity index (χ1v) is 10.8. The Balaban J connectivity index is 2.09. The van der Waals surface area contributed by atoms with E-state index in [1.165, 1.54) is 23.5 Å². The highest BCUT2D eigenvalue weighted by molar-refractivity contribution is 7.89. The van der Waals surface area contributed by atoms with Crippen molar-refractivity contribution < 1.29 is 22.7 Å². The van der Waals surface area contributed by atoms with Gasteiger partial charge in [-0.1, -0.05) is 26.0 Å². The number of nitrogens with zero attached hydrogens (tertiary/aromatic N) is 3. The first-order valence-electron chi connectivity index (χ1n) is 9.33. The van der Waals surface area contributed by atoms with Crippen molar-refractivity contribution >= 4 is 22.0 Å². The zero-order valence-corrected chi connectivity index (χ0v) is 17.6. The van der Waals surface area contributed by atoms with Crippen LogP contribution in [-0.4, -0.2) is 69.0 Å². The Hall–Kier alpha value is -2.64. The second-order valence-electron chi connectivity index (χ2n) is 7.16. The van der Waals surface area contributed by atoms with Gasteiger partial charge in [0.25, 0.3) is 0 Å². The Morgan fingerprint density at radius 1 is 1.21 bits per heavy atom. The predicted molar refractivity (Wildman–Crippen MR) is 105 cm³/mol. The minimum atomic E-state index is -3.83. The summed E-state index contributed by atoms with van der Waals surface area (Å²) in [5, 5.41) is 11.7. The van der Waals surface area contributed by atoms with Gasteiger partial charge in [-0.3, -0.25) is 4.79 Å². The molecule has 29 heavy (non-hydrogen) atoms. The van der Waals surface area contributed by atoms with Crippen LogP contribution in [0.3, 0.4) is 0 Å². The summed E-state index contributed by atoms with van der Waals surface area (Å²) in [6, 6.07) is 7.22. The number of nitriles is 1. The minimum Gasteiger partial charge on any atom is -0.453 e. The lowest BCUT2D eigenvalue weighted by Gasteiger charge is -2.36. The van der Waals surface area contributed by atoms with Gasteiger partial charge in [0.2, 0.25) is 15.9 Å². The topological polar surface area (TPSA) is 120 Å². The lowest BCUT2D eigenvalue weighted by atomic mass is 10.0. The molecular weight excluding hydrogens is 396 g/mol. The van der Waals surface area contributed by atoms with Crippen LogP contribution in [0.1, 0.15) is 25.8 Å². The van der Waals surface area contributed by atoms with Crippen LogP contribution in [0, 0.1) is 17.2 Å². The molecule has 1 aliphatic heterocycles. The van der Waals surface area contributed by atoms with Gasteiger partial charge in [-0.2, -0.15) is 9.57 Å². The number of carbonyl (C=O) groups excluding carboxylic acids is 2. The third kappa shape index (κ3) is 5.46. The molecule has 2 amide bonds. The van der Waals surface area contributed by atoms with Crippen LogP contribution in [0.2, 0.25) is 0 Å². The molecule has 0 bridgehead atoms. The van der Waals surface area contributed by atoms with Crippen molar-refractivity contribution in [3.05, 3.63) is 29.8 Å². The Kier molecular flexibility index (Phi) is 7.59. The average Bonchev–Trinajstić information content (AvgIpc) is 2.72. The molecule has 0 aromatic heterocycles. The molecule has 1 unspecified atom stereocenters. The van der Waals surface area contributed by atoms with Gasteiger partial charge in [-0.25, -0.2) is 13.2 Å². The number of carbonyl (C=O) groups is 2. The highest BCUT2D eigenvalue weighted by atomic mass is 32.2. The molecule has 0 aliphatic carbocycles. The number of rotatable bonds is 6. The molecule has 1 N–H and O–H groups in total. The molecule has 9 nitrogen and oxygen atoms in total. The van der Waals surface area contributed by atoms with Gasteiger partial charge < -0.3 is 15.0 Å². The van der Waals surface area contributed by atoms with Crippen LogP contribution >= 0.6 is 0 Å². The summed E-state index contributed by atoms with van der Waals surface area (Å²) < 4.78 is 31.7. The highest BCUT2D eigenvalue weighted by Crippen LogP contribution is 2.21. The molecule has 1 fully saturated rings. The fourth-order valence-corrected chi connectivity index (χ4v) is 4.75. The van der Waals surface area contributed by atoms with Crippen LogP contribution in [-0.2, 0) is 19.6 Å². The van der Waals surface area contributed by atoms with Gasteiger partial charge in [0.1, 0.15) is 12.1 Å². The number of nitrogens with one attached hydrogen (secondary N) is 1. The highest BCUT2D eigenvalue weighted by Gasteiger charge is 2.34. The van der Waals surface area contributed by atoms with Crippen LogP contribution < -0.4 is 5.32 Å². The lowest BCUT2D eigenvalue weighted by Crippen LogP contribution is -2.56. The van der Waals surface area contributed by atoms with E-state index in [0.717, 1.165) is 0 Å². The van der Waals surface area contributed by atoms with Gasteiger partial charge in [-0.05, 0) is 24.5 Å². The standard InChI is InChI=1S/C19H26N4O5S/c1-14(2)12-16(21-19(25)28-3)18(24)22-8-10-23(11-9-22)29(26,27)17-7-5-4-6-15(17)13-20/h4-7,14,16H,8-12H2,1-3H3,(H,21,25). The van der Waals surface area contributed by atoms with Gasteiger partial charge in [0.05, 0.1) is 17.6 Å². The first-order chi connectivity index (χ1) is 13.7. The van der Waals surface area contributed by atoms with E-state index in [1.54, 1.807) is 17.0 Å². The van der Waals surface area contributed by atoms with Crippen molar-refractivity contribution in [3.8, 4) is 6.07 Å². The summed E-state index contributed by atoms with van der Waals surface area (Å²) in [4.78, 5) is 25.9. The number of hydrogen-bond donors (Lipinski definition) is 1. The zero-order chi connectivity index (χ0) is 21.6. The first kappa shape index (κ1) is 22.6. The Morgan fingerprint density at radius 2 is 1.83 bits per heavy atom. The summed E-state index contributed by atoms with van der Waals surface area (Å²) >= 11 is 0. The molecule has 0 radical (unpaired) electrons. The number of ether oxygens (including phenoxy) is 1. The summed E-state index contributed by atoms with van der Waals surface area (Å²) in [6.45, 7) is 4.50. The fourth-order valence-electron chi connectivity index (χ4n) is 3.19. The van der Waals surface area contributed by atoms with E-state index in [9.17, 15) is 23.3 Å². The second kappa shape index (κ2) is 9.71. The Bertz CT molecular complexity index is 886. The van der Waals surface area contributed by atoms with Crippen molar-refractivity contribution in [1.82, 2.24) is 14.5 Å². The summed E-state index contributed by atoms with van der Waals surface area (Å²) in [7, 11) is -2.60. The number of sulfonamides is 1. The van der Waals surface area contributed by atoms with Crippen molar-refractivity contribution in [2.24, 2.45) is 5.92 Å². The quantitative estimate of drug-likeness (QED) is 0.735. The van der Waals surface area contributed by atoms with Crippen LogP contribution in [0.5, 0.6) is 0 Å².